The molecule has 2 rings (SSSR count). The Hall–Kier alpha value is -1.80. The Kier molecular flexibility index (Phi) is 5.87. The van der Waals surface area contributed by atoms with Crippen LogP contribution < -0.4 is 15.8 Å². The quantitative estimate of drug-likeness (QED) is 0.770. The number of nitrogens with one attached hydrogen (secondary N) is 1. The topological polar surface area (TPSA) is 73.6 Å². The van der Waals surface area contributed by atoms with Crippen LogP contribution in [0.4, 0.5) is 13.2 Å². The molecule has 1 aromatic rings. The number of amides is 1. The normalized spacial score (nSPS) is 24.7. The van der Waals surface area contributed by atoms with Crippen molar-refractivity contribution in [3.8, 4) is 5.75 Å². The molecule has 0 aromatic heterocycles. The predicted molar refractivity (Wildman–Crippen MR) is 90.6 cm³/mol. The molecule has 5 nitrogen and oxygen atoms in total. The SMILES string of the molecule is CCOC1CC(N)(C(=O)NCc2ccccc2OCC(F)(F)F)C1(C)C. The highest BCUT2D eigenvalue weighted by molar-refractivity contribution is 5.88. The monoisotopic (exact) mass is 374 g/mol. The van der Waals surface area contributed by atoms with Gasteiger partial charge in [0, 0.05) is 30.6 Å². The fourth-order valence-electron chi connectivity index (χ4n) is 3.10. The van der Waals surface area contributed by atoms with Gasteiger partial charge in [-0.2, -0.15) is 13.2 Å². The lowest BCUT2D eigenvalue weighted by molar-refractivity contribution is -0.170. The van der Waals surface area contributed by atoms with Crippen molar-refractivity contribution in [1.29, 1.82) is 0 Å². The van der Waals surface area contributed by atoms with Gasteiger partial charge in [-0.05, 0) is 13.0 Å². The minimum absolute atomic E-state index is 0.0290. The molecule has 8 heteroatoms. The van der Waals surface area contributed by atoms with Gasteiger partial charge >= 0.3 is 6.18 Å². The minimum Gasteiger partial charge on any atom is -0.484 e. The Balaban J connectivity index is 2.00. The van der Waals surface area contributed by atoms with E-state index in [9.17, 15) is 18.0 Å². The molecule has 1 saturated carbocycles. The molecule has 1 fully saturated rings. The molecule has 0 saturated heterocycles. The third-order valence-corrected chi connectivity index (χ3v) is 5.04. The van der Waals surface area contributed by atoms with Gasteiger partial charge in [0.2, 0.25) is 5.91 Å². The lowest BCUT2D eigenvalue weighted by Gasteiger charge is -2.57. The molecular weight excluding hydrogens is 349 g/mol. The summed E-state index contributed by atoms with van der Waals surface area (Å²) in [4.78, 5) is 12.6. The first-order chi connectivity index (χ1) is 12.0. The van der Waals surface area contributed by atoms with E-state index in [1.54, 1.807) is 18.2 Å². The van der Waals surface area contributed by atoms with Crippen molar-refractivity contribution in [3.05, 3.63) is 29.8 Å². The van der Waals surface area contributed by atoms with Gasteiger partial charge in [-0.3, -0.25) is 4.79 Å². The van der Waals surface area contributed by atoms with Crippen LogP contribution in [0.1, 0.15) is 32.8 Å². The first-order valence-corrected chi connectivity index (χ1v) is 8.47. The largest absolute Gasteiger partial charge is 0.484 e. The highest BCUT2D eigenvalue weighted by Gasteiger charge is 2.62. The summed E-state index contributed by atoms with van der Waals surface area (Å²) in [5.41, 5.74) is 5.11. The fraction of sp³-hybridized carbons (Fsp3) is 0.611. The van der Waals surface area contributed by atoms with Crippen LogP contribution in [-0.4, -0.2) is 36.9 Å². The average molecular weight is 374 g/mol. The van der Waals surface area contributed by atoms with E-state index >= 15 is 0 Å². The minimum atomic E-state index is -4.43. The van der Waals surface area contributed by atoms with Gasteiger partial charge in [-0.1, -0.05) is 32.0 Å². The van der Waals surface area contributed by atoms with Crippen LogP contribution in [0.25, 0.3) is 0 Å². The van der Waals surface area contributed by atoms with E-state index < -0.39 is 23.7 Å². The summed E-state index contributed by atoms with van der Waals surface area (Å²) in [7, 11) is 0. The number of hydrogen-bond acceptors (Lipinski definition) is 4. The van der Waals surface area contributed by atoms with Crippen LogP contribution >= 0.6 is 0 Å². The maximum atomic E-state index is 12.6. The molecule has 2 unspecified atom stereocenters. The lowest BCUT2D eigenvalue weighted by Crippen LogP contribution is -2.75. The van der Waals surface area contributed by atoms with E-state index in [0.29, 0.717) is 18.6 Å². The van der Waals surface area contributed by atoms with E-state index in [0.717, 1.165) is 0 Å². The number of alkyl halides is 3. The number of para-hydroxylation sites is 1. The standard InChI is InChI=1S/C18H25F3N2O3/c1-4-25-14-9-17(22,16(14,2)3)15(24)23-10-12-7-5-6-8-13(12)26-11-18(19,20)21/h5-8,14H,4,9-11,22H2,1-3H3,(H,23,24). The second-order valence-electron chi connectivity index (χ2n) is 7.04. The Morgan fingerprint density at radius 3 is 2.58 bits per heavy atom. The number of carbonyl (C=O) groups excluding carboxylic acids is 1. The van der Waals surface area contributed by atoms with Gasteiger partial charge in [-0.15, -0.1) is 0 Å². The van der Waals surface area contributed by atoms with Crippen LogP contribution in [0.2, 0.25) is 0 Å². The molecule has 1 aliphatic rings. The summed E-state index contributed by atoms with van der Waals surface area (Å²) in [5, 5.41) is 2.72. The van der Waals surface area contributed by atoms with E-state index in [1.165, 1.54) is 6.07 Å². The lowest BCUT2D eigenvalue weighted by atomic mass is 9.54. The Morgan fingerprint density at radius 2 is 2.00 bits per heavy atom. The van der Waals surface area contributed by atoms with Crippen molar-refractivity contribution in [2.75, 3.05) is 13.2 Å². The average Bonchev–Trinajstić information content (AvgIpc) is 2.57. The van der Waals surface area contributed by atoms with E-state index in [1.807, 2.05) is 20.8 Å². The van der Waals surface area contributed by atoms with Crippen LogP contribution in [0.3, 0.4) is 0 Å². The number of nitrogens with two attached hydrogens (primary N) is 1. The smallest absolute Gasteiger partial charge is 0.422 e. The Labute approximate surface area is 151 Å². The van der Waals surface area contributed by atoms with E-state index in [4.69, 9.17) is 15.2 Å². The summed E-state index contributed by atoms with van der Waals surface area (Å²) in [6.07, 6.45) is -4.14. The molecule has 2 atom stereocenters. The molecule has 1 aromatic carbocycles. The van der Waals surface area contributed by atoms with Crippen LogP contribution in [0, 0.1) is 5.41 Å². The van der Waals surface area contributed by atoms with E-state index in [2.05, 4.69) is 5.32 Å². The van der Waals surface area contributed by atoms with Gasteiger partial charge in [0.1, 0.15) is 11.3 Å². The van der Waals surface area contributed by atoms with E-state index in [-0.39, 0.29) is 24.3 Å². The molecule has 1 aliphatic carbocycles. The van der Waals surface area contributed by atoms with Gasteiger partial charge in [0.25, 0.3) is 0 Å². The predicted octanol–water partition coefficient (Wildman–Crippen LogP) is 2.78. The first kappa shape index (κ1) is 20.5. The maximum absolute atomic E-state index is 12.6. The Bertz CT molecular complexity index is 649. The number of benzene rings is 1. The van der Waals surface area contributed by atoms with Crippen molar-refractivity contribution in [3.63, 3.8) is 0 Å². The third kappa shape index (κ3) is 4.12. The molecule has 0 bridgehead atoms. The molecule has 3 N–H and O–H groups in total. The molecule has 0 aliphatic heterocycles. The highest BCUT2D eigenvalue weighted by Crippen LogP contribution is 2.49. The summed E-state index contributed by atoms with van der Waals surface area (Å²) in [5.74, 6) is -0.277. The van der Waals surface area contributed by atoms with Crippen LogP contribution in [0.15, 0.2) is 24.3 Å². The highest BCUT2D eigenvalue weighted by atomic mass is 19.4. The maximum Gasteiger partial charge on any atom is 0.422 e. The third-order valence-electron chi connectivity index (χ3n) is 5.04. The van der Waals surface area contributed by atoms with Crippen LogP contribution in [0.5, 0.6) is 5.75 Å². The van der Waals surface area contributed by atoms with Gasteiger partial charge in [-0.25, -0.2) is 0 Å². The molecule has 0 radical (unpaired) electrons. The molecule has 0 heterocycles. The fourth-order valence-corrected chi connectivity index (χ4v) is 3.10. The van der Waals surface area contributed by atoms with Gasteiger partial charge in [0.15, 0.2) is 6.61 Å². The molecule has 146 valence electrons. The second-order valence-corrected chi connectivity index (χ2v) is 7.04. The van der Waals surface area contributed by atoms with Crippen molar-refractivity contribution >= 4 is 5.91 Å². The van der Waals surface area contributed by atoms with Crippen molar-refractivity contribution in [2.45, 2.75) is 51.6 Å². The summed E-state index contributed by atoms with van der Waals surface area (Å²) in [6.45, 7) is 4.80. The summed E-state index contributed by atoms with van der Waals surface area (Å²) < 4.78 is 47.5. The van der Waals surface area contributed by atoms with Crippen molar-refractivity contribution in [2.24, 2.45) is 11.1 Å². The zero-order valence-corrected chi connectivity index (χ0v) is 15.2. The summed E-state index contributed by atoms with van der Waals surface area (Å²) >= 11 is 0. The van der Waals surface area contributed by atoms with Gasteiger partial charge < -0.3 is 20.5 Å². The number of carbonyl (C=O) groups is 1. The summed E-state index contributed by atoms with van der Waals surface area (Å²) in [6, 6.07) is 6.27. The first-order valence-electron chi connectivity index (χ1n) is 8.47. The zero-order chi connectivity index (χ0) is 19.6. The number of ether oxygens (including phenoxy) is 2. The zero-order valence-electron chi connectivity index (χ0n) is 15.2. The van der Waals surface area contributed by atoms with Crippen molar-refractivity contribution in [1.82, 2.24) is 5.32 Å². The molecule has 0 spiro atoms. The molecule has 26 heavy (non-hydrogen) atoms. The number of rotatable bonds is 7. The number of halogens is 3. The van der Waals surface area contributed by atoms with Gasteiger partial charge in [0.05, 0.1) is 6.10 Å². The molecular formula is C18H25F3N2O3. The Morgan fingerprint density at radius 1 is 1.35 bits per heavy atom. The van der Waals surface area contributed by atoms with Crippen molar-refractivity contribution < 1.29 is 27.4 Å². The number of hydrogen-bond donors (Lipinski definition) is 2. The van der Waals surface area contributed by atoms with Crippen LogP contribution in [-0.2, 0) is 16.1 Å². The second kappa shape index (κ2) is 7.44. The molecule has 1 amide bonds.